The summed E-state index contributed by atoms with van der Waals surface area (Å²) < 4.78 is 51.1. The number of nitrogens with zero attached hydrogens (tertiary/aromatic N) is 1. The maximum atomic E-state index is 16.0. The first-order valence-electron chi connectivity index (χ1n) is 17.3. The molecule has 2 spiro atoms. The molecular formula is C37H42Cl2FN5O7S. The van der Waals surface area contributed by atoms with Crippen molar-refractivity contribution in [3.05, 3.63) is 87.4 Å². The average molecular weight is 791 g/mol. The fourth-order valence-corrected chi connectivity index (χ4v) is 9.24. The van der Waals surface area contributed by atoms with Crippen LogP contribution in [-0.2, 0) is 34.7 Å². The van der Waals surface area contributed by atoms with E-state index in [1.54, 1.807) is 24.3 Å². The number of hydrogen-bond donors (Lipinski definition) is 5. The zero-order valence-electron chi connectivity index (χ0n) is 29.4. The van der Waals surface area contributed by atoms with Crippen molar-refractivity contribution in [2.75, 3.05) is 11.9 Å². The minimum atomic E-state index is -4.02. The lowest BCUT2D eigenvalue weighted by molar-refractivity contribution is -0.134. The van der Waals surface area contributed by atoms with E-state index in [1.807, 2.05) is 13.0 Å². The molecule has 0 unspecified atom stereocenters. The topological polar surface area (TPSA) is 190 Å². The number of aromatic nitrogens is 1. The molecule has 7 rings (SSSR count). The molecule has 4 heterocycles. The molecule has 284 valence electrons. The molecule has 12 nitrogen and oxygen atoms in total. The van der Waals surface area contributed by atoms with Gasteiger partial charge in [0, 0.05) is 28.4 Å². The second-order valence-corrected chi connectivity index (χ2v) is 17.3. The third-order valence-electron chi connectivity index (χ3n) is 11.2. The number of pyridine rings is 1. The van der Waals surface area contributed by atoms with E-state index in [9.17, 15) is 22.8 Å². The Hall–Kier alpha value is -3.66. The van der Waals surface area contributed by atoms with Crippen molar-refractivity contribution in [1.82, 2.24) is 15.6 Å². The van der Waals surface area contributed by atoms with Crippen molar-refractivity contribution >= 4 is 56.7 Å². The highest BCUT2D eigenvalue weighted by atomic mass is 35.5. The number of primary amides is 1. The number of benzene rings is 2. The van der Waals surface area contributed by atoms with Gasteiger partial charge in [0.1, 0.15) is 11.5 Å². The normalized spacial score (nSPS) is 27.0. The van der Waals surface area contributed by atoms with Crippen LogP contribution < -0.4 is 21.7 Å². The summed E-state index contributed by atoms with van der Waals surface area (Å²) in [6.45, 7) is 6.33. The lowest BCUT2D eigenvalue weighted by Gasteiger charge is -2.50. The summed E-state index contributed by atoms with van der Waals surface area (Å²) in [6, 6.07) is 11.3. The van der Waals surface area contributed by atoms with Gasteiger partial charge in [0.05, 0.1) is 23.6 Å². The van der Waals surface area contributed by atoms with Gasteiger partial charge in [-0.05, 0) is 92.3 Å². The Morgan fingerprint density at radius 3 is 2.34 bits per heavy atom. The highest BCUT2D eigenvalue weighted by Crippen LogP contribution is 2.64. The molecule has 3 aliphatic heterocycles. The molecule has 1 aromatic heterocycles. The van der Waals surface area contributed by atoms with E-state index in [-0.39, 0.29) is 39.6 Å². The number of hydrogen-bond acceptors (Lipinski definition) is 8. The summed E-state index contributed by atoms with van der Waals surface area (Å²) in [5, 5.41) is 9.81. The molecule has 2 saturated heterocycles. The summed E-state index contributed by atoms with van der Waals surface area (Å²) in [6.07, 6.45) is 4.31. The molecule has 1 saturated carbocycles. The van der Waals surface area contributed by atoms with Gasteiger partial charge in [0.2, 0.25) is 17.7 Å². The van der Waals surface area contributed by atoms with E-state index in [0.717, 1.165) is 18.4 Å². The third-order valence-corrected chi connectivity index (χ3v) is 12.6. The molecule has 3 fully saturated rings. The van der Waals surface area contributed by atoms with E-state index in [1.165, 1.54) is 24.4 Å². The summed E-state index contributed by atoms with van der Waals surface area (Å²) in [5.41, 5.74) is 5.50. The molecule has 53 heavy (non-hydrogen) atoms. The maximum Gasteiger partial charge on any atom is 0.294 e. The Morgan fingerprint density at radius 2 is 1.74 bits per heavy atom. The van der Waals surface area contributed by atoms with E-state index in [2.05, 4.69) is 34.8 Å². The predicted molar refractivity (Wildman–Crippen MR) is 197 cm³/mol. The fraction of sp³-hybridized carbons (Fsp3) is 0.459. The van der Waals surface area contributed by atoms with Gasteiger partial charge < -0.3 is 21.1 Å². The minimum Gasteiger partial charge on any atom is -0.367 e. The van der Waals surface area contributed by atoms with Crippen molar-refractivity contribution < 1.29 is 36.5 Å². The number of halogens is 3. The van der Waals surface area contributed by atoms with Crippen LogP contribution >= 0.6 is 23.2 Å². The molecule has 2 aromatic carbocycles. The number of amides is 3. The zero-order chi connectivity index (χ0) is 38.5. The summed E-state index contributed by atoms with van der Waals surface area (Å²) in [5.74, 6) is -2.99. The van der Waals surface area contributed by atoms with Crippen LogP contribution in [0.3, 0.4) is 0 Å². The molecule has 4 aliphatic rings. The number of rotatable bonds is 5. The van der Waals surface area contributed by atoms with Crippen molar-refractivity contribution in [1.29, 1.82) is 0 Å². The molecule has 5 atom stereocenters. The smallest absolute Gasteiger partial charge is 0.294 e. The van der Waals surface area contributed by atoms with Gasteiger partial charge in [-0.1, -0.05) is 60.8 Å². The van der Waals surface area contributed by atoms with Crippen LogP contribution in [0.2, 0.25) is 10.2 Å². The van der Waals surface area contributed by atoms with Crippen LogP contribution in [0.15, 0.2) is 59.6 Å². The van der Waals surface area contributed by atoms with Crippen molar-refractivity contribution in [3.63, 3.8) is 0 Å². The predicted octanol–water partition coefficient (Wildman–Crippen LogP) is 5.20. The van der Waals surface area contributed by atoms with Gasteiger partial charge in [-0.3, -0.25) is 24.3 Å². The monoisotopic (exact) mass is 789 g/mol. The molecular weight excluding hydrogens is 748 g/mol. The van der Waals surface area contributed by atoms with E-state index < -0.39 is 56.8 Å². The second kappa shape index (κ2) is 14.5. The summed E-state index contributed by atoms with van der Waals surface area (Å²) in [7, 11) is -4.02. The van der Waals surface area contributed by atoms with Crippen molar-refractivity contribution in [3.8, 4) is 0 Å². The number of aryl methyl sites for hydroxylation is 1. The van der Waals surface area contributed by atoms with Gasteiger partial charge in [0.15, 0.2) is 11.0 Å². The van der Waals surface area contributed by atoms with Crippen molar-refractivity contribution in [2.24, 2.45) is 11.1 Å². The highest BCUT2D eigenvalue weighted by molar-refractivity contribution is 7.85. The number of anilines is 1. The van der Waals surface area contributed by atoms with Gasteiger partial charge in [-0.25, -0.2) is 9.37 Å². The lowest BCUT2D eigenvalue weighted by atomic mass is 9.53. The third kappa shape index (κ3) is 7.29. The minimum absolute atomic E-state index is 0.0312. The standard InChI is InChI=1S/C30H34Cl2FN5O4.C7H8O3S/c1-28(2)8-10-29(11-9-28)30(18-5-3-15(31)13-19(18)37-27(30)41)21(17-7-12-35-24(32)22(17)33)23(38-29)26(40)36-16-4-6-20(25(34)39)42-14-16;1-6-2-4-7(5-3-6)11(8,9)10/h3,5,7,12-13,16,20-21,23,38H,4,6,8-11,14H2,1-2H3,(H2,34,39)(H,36,40)(H,37,41);2-5H,1H3,(H,8,9,10)/t16-,20+,21+,23-,30-;/m0./s1. The molecule has 3 aromatic rings. The molecule has 16 heteroatoms. The first-order chi connectivity index (χ1) is 24.9. The molecule has 3 amide bonds. The van der Waals surface area contributed by atoms with Crippen LogP contribution in [0.4, 0.5) is 10.1 Å². The first kappa shape index (κ1) is 39.0. The second-order valence-electron chi connectivity index (χ2n) is 15.1. The van der Waals surface area contributed by atoms with E-state index >= 15 is 4.39 Å². The van der Waals surface area contributed by atoms with Gasteiger partial charge in [-0.15, -0.1) is 0 Å². The highest BCUT2D eigenvalue weighted by Gasteiger charge is 2.73. The number of ether oxygens (including phenoxy) is 1. The number of carbonyl (C=O) groups excluding carboxylic acids is 3. The Balaban J connectivity index is 0.000000376. The van der Waals surface area contributed by atoms with Crippen LogP contribution in [0.5, 0.6) is 0 Å². The molecule has 1 aliphatic carbocycles. The number of nitrogens with one attached hydrogen (secondary N) is 3. The molecule has 0 bridgehead atoms. The van der Waals surface area contributed by atoms with E-state index in [4.69, 9.17) is 38.2 Å². The van der Waals surface area contributed by atoms with Gasteiger partial charge in [-0.2, -0.15) is 8.42 Å². The largest absolute Gasteiger partial charge is 0.367 e. The summed E-state index contributed by atoms with van der Waals surface area (Å²) in [4.78, 5) is 44.1. The van der Waals surface area contributed by atoms with Crippen LogP contribution in [0.25, 0.3) is 0 Å². The van der Waals surface area contributed by atoms with Gasteiger partial charge in [0.25, 0.3) is 10.1 Å². The van der Waals surface area contributed by atoms with Gasteiger partial charge >= 0.3 is 0 Å². The molecule has 0 radical (unpaired) electrons. The number of nitrogens with two attached hydrogens (primary N) is 1. The Bertz CT molecular complexity index is 2030. The summed E-state index contributed by atoms with van der Waals surface area (Å²) >= 11 is 12.5. The van der Waals surface area contributed by atoms with Crippen LogP contribution in [0.1, 0.15) is 75.0 Å². The lowest BCUT2D eigenvalue weighted by Crippen LogP contribution is -2.61. The van der Waals surface area contributed by atoms with Crippen LogP contribution in [-0.4, -0.2) is 66.0 Å². The SMILES string of the molecule is CC1(C)CCC2(CC1)N[C@H](C(=O)N[C@H]1CC[C@H](C(N)=O)OC1)[C@@H](c1ccnc(Cl)c1F)[C@@]21C(=O)Nc2cc(Cl)ccc21.Cc1ccc(S(=O)(=O)O)cc1. The number of carbonyl (C=O) groups is 3. The Labute approximate surface area is 317 Å². The fourth-order valence-electron chi connectivity index (χ4n) is 8.42. The average Bonchev–Trinajstić information content (AvgIpc) is 3.55. The Kier molecular flexibility index (Phi) is 10.7. The van der Waals surface area contributed by atoms with Crippen LogP contribution in [0, 0.1) is 18.2 Å². The number of fused-ring (bicyclic) bond motifs is 3. The van der Waals surface area contributed by atoms with Crippen molar-refractivity contribution in [2.45, 2.75) is 99.3 Å². The molecule has 6 N–H and O–H groups in total. The quantitative estimate of drug-likeness (QED) is 0.171. The Morgan fingerprint density at radius 1 is 1.06 bits per heavy atom. The van der Waals surface area contributed by atoms with E-state index in [0.29, 0.717) is 42.0 Å². The first-order valence-corrected chi connectivity index (χ1v) is 19.5. The maximum absolute atomic E-state index is 16.0. The zero-order valence-corrected chi connectivity index (χ0v) is 31.7.